The molecule has 0 spiro atoms. The first kappa shape index (κ1) is 82.1. The molecule has 0 saturated heterocycles. The minimum absolute atomic E-state index is 0.0382. The van der Waals surface area contributed by atoms with Crippen molar-refractivity contribution in [2.24, 2.45) is 0 Å². The first-order chi connectivity index (χ1) is 41.9. The Morgan fingerprint density at radius 3 is 1.15 bits per heavy atom. The summed E-state index contributed by atoms with van der Waals surface area (Å²) >= 11 is 0. The summed E-state index contributed by atoms with van der Waals surface area (Å²) in [6, 6.07) is -0.923. The number of esters is 1. The number of phosphoric acid groups is 1. The number of nitrogens with zero attached hydrogens (tertiary/aromatic N) is 1. The molecule has 0 aliphatic heterocycles. The van der Waals surface area contributed by atoms with Crippen molar-refractivity contribution < 1.29 is 37.3 Å². The molecule has 9 nitrogen and oxygen atoms in total. The monoisotopic (exact) mass is 1210 g/mol. The maximum absolute atomic E-state index is 13.6. The molecule has 0 bridgehead atoms. The number of unbranched alkanes of at least 4 members (excludes halogenated alkanes) is 26. The molecule has 0 aliphatic rings. The van der Waals surface area contributed by atoms with Crippen LogP contribution in [0, 0.1) is 0 Å². The Balaban J connectivity index is 5.16. The summed E-state index contributed by atoms with van der Waals surface area (Å²) < 4.78 is 30.4. The summed E-state index contributed by atoms with van der Waals surface area (Å²) in [5, 5.41) is 3.01. The summed E-state index contributed by atoms with van der Waals surface area (Å²) in [5.41, 5.74) is 0. The number of amides is 1. The highest BCUT2D eigenvalue weighted by molar-refractivity contribution is 7.45. The number of carbonyl (C=O) groups is 2. The van der Waals surface area contributed by atoms with E-state index in [1.54, 1.807) is 0 Å². The van der Waals surface area contributed by atoms with Gasteiger partial charge in [0.1, 0.15) is 19.3 Å². The van der Waals surface area contributed by atoms with Crippen LogP contribution in [0.1, 0.15) is 284 Å². The molecule has 86 heavy (non-hydrogen) atoms. The van der Waals surface area contributed by atoms with Crippen molar-refractivity contribution in [2.75, 3.05) is 40.9 Å². The predicted octanol–water partition coefficient (Wildman–Crippen LogP) is 21.8. The Bertz CT molecular complexity index is 1930. The van der Waals surface area contributed by atoms with E-state index in [1.165, 1.54) is 128 Å². The minimum atomic E-state index is -4.73. The highest BCUT2D eigenvalue weighted by atomic mass is 31.2. The fraction of sp³-hybridized carbons (Fsp3) is 0.684. The smallest absolute Gasteiger partial charge is 0.306 e. The van der Waals surface area contributed by atoms with E-state index in [1.807, 2.05) is 33.3 Å². The van der Waals surface area contributed by atoms with Gasteiger partial charge in [-0.2, -0.15) is 0 Å². The largest absolute Gasteiger partial charge is 0.756 e. The van der Waals surface area contributed by atoms with Crippen molar-refractivity contribution in [1.29, 1.82) is 0 Å². The first-order valence-electron chi connectivity index (χ1n) is 35.0. The van der Waals surface area contributed by atoms with Gasteiger partial charge in [0.15, 0.2) is 0 Å². The molecule has 0 fully saturated rings. The van der Waals surface area contributed by atoms with Gasteiger partial charge in [-0.25, -0.2) is 0 Å². The zero-order valence-electron chi connectivity index (χ0n) is 56.2. The quantitative estimate of drug-likeness (QED) is 0.0212. The molecule has 3 unspecified atom stereocenters. The third-order valence-corrected chi connectivity index (χ3v) is 15.8. The van der Waals surface area contributed by atoms with E-state index < -0.39 is 26.6 Å². The number of rotatable bonds is 62. The zero-order chi connectivity index (χ0) is 62.8. The molecule has 0 saturated carbocycles. The molecule has 0 rings (SSSR count). The SMILES string of the molecule is CC/C=C\C/C=C\C/C=C\C/C=C\C/C=C\C/C=C\CCCCC(=O)NC(COP(=O)([O-])OCC[N+](C)(C)C)C(/C=C\CCCCCCCCCCCC)OC(=O)CCCCCCCCCCCCC/C=C\C/C=C\C/C=C\C/C=C\CCCCC. The summed E-state index contributed by atoms with van der Waals surface area (Å²) in [6.45, 7) is 6.66. The fourth-order valence-electron chi connectivity index (χ4n) is 9.45. The highest BCUT2D eigenvalue weighted by Crippen LogP contribution is 2.38. The standard InChI is InChI=1S/C76H131N2O7P/c1-7-10-13-16-19-22-25-28-30-32-34-36-37-38-39-40-41-43-45-47-49-51-54-57-60-63-66-69-76(80)85-74(67-64-61-58-55-52-27-24-21-18-15-12-9-3)73(72-84-86(81,82)83-71-70-78(4,5)6)77-75(79)68-65-62-59-56-53-50-48-46-44-42-35-33-31-29-26-23-20-17-14-11-8-2/h11,14,19-20,22-23,28-31,34-36,38-39,42,46,48,53,56,64,67,73-74H,7-10,12-13,15-18,21,24-27,32-33,37,40-41,43-45,47,49-52,54-55,57-63,65-66,68-72H2,1-6H3,(H-,77,79,81,82)/b14-11-,22-19-,23-20-,30-28-,31-29-,36-34-,39-38-,42-35-,48-46-,56-53-,67-64-. The molecule has 10 heteroatoms. The van der Waals surface area contributed by atoms with E-state index >= 15 is 0 Å². The number of likely N-dealkylation sites (N-methyl/N-ethyl adjacent to an activating group) is 1. The van der Waals surface area contributed by atoms with Crippen LogP contribution in [0.4, 0.5) is 0 Å². The van der Waals surface area contributed by atoms with E-state index in [0.717, 1.165) is 109 Å². The predicted molar refractivity (Wildman–Crippen MR) is 371 cm³/mol. The van der Waals surface area contributed by atoms with Gasteiger partial charge in [0.05, 0.1) is 33.8 Å². The van der Waals surface area contributed by atoms with Crippen LogP contribution in [0.2, 0.25) is 0 Å². The summed E-state index contributed by atoms with van der Waals surface area (Å²) in [5.74, 6) is -0.600. The van der Waals surface area contributed by atoms with Gasteiger partial charge in [-0.3, -0.25) is 14.2 Å². The maximum Gasteiger partial charge on any atom is 0.306 e. The van der Waals surface area contributed by atoms with Gasteiger partial charge in [0, 0.05) is 12.8 Å². The van der Waals surface area contributed by atoms with Crippen LogP contribution in [0.5, 0.6) is 0 Å². The fourth-order valence-corrected chi connectivity index (χ4v) is 10.2. The number of allylic oxidation sites excluding steroid dienone is 21. The van der Waals surface area contributed by atoms with Crippen molar-refractivity contribution in [1.82, 2.24) is 5.32 Å². The van der Waals surface area contributed by atoms with Gasteiger partial charge in [-0.05, 0) is 128 Å². The molecule has 0 heterocycles. The summed E-state index contributed by atoms with van der Waals surface area (Å²) in [4.78, 5) is 40.2. The van der Waals surface area contributed by atoms with Crippen molar-refractivity contribution >= 4 is 19.7 Å². The molecule has 0 radical (unpaired) electrons. The number of phosphoric ester groups is 1. The Hall–Kier alpha value is -3.85. The zero-order valence-corrected chi connectivity index (χ0v) is 57.1. The number of carbonyl (C=O) groups excluding carboxylic acids is 2. The molecule has 0 aromatic carbocycles. The lowest BCUT2D eigenvalue weighted by Crippen LogP contribution is -2.47. The third-order valence-electron chi connectivity index (χ3n) is 14.8. The van der Waals surface area contributed by atoms with E-state index in [2.05, 4.69) is 148 Å². The number of hydrogen-bond acceptors (Lipinski definition) is 7. The van der Waals surface area contributed by atoms with E-state index in [4.69, 9.17) is 13.8 Å². The number of hydrogen-bond donors (Lipinski definition) is 1. The van der Waals surface area contributed by atoms with Crippen LogP contribution < -0.4 is 10.2 Å². The normalized spacial score (nSPS) is 14.4. The van der Waals surface area contributed by atoms with Gasteiger partial charge < -0.3 is 28.5 Å². The van der Waals surface area contributed by atoms with E-state index in [9.17, 15) is 19.0 Å². The molecular weight excluding hydrogens is 1080 g/mol. The topological polar surface area (TPSA) is 114 Å². The van der Waals surface area contributed by atoms with E-state index in [-0.39, 0.29) is 31.3 Å². The average Bonchev–Trinajstić information content (AvgIpc) is 3.66. The lowest BCUT2D eigenvalue weighted by atomic mass is 10.0. The Morgan fingerprint density at radius 2 is 0.744 bits per heavy atom. The van der Waals surface area contributed by atoms with Gasteiger partial charge in [0.25, 0.3) is 7.82 Å². The van der Waals surface area contributed by atoms with Crippen LogP contribution in [0.15, 0.2) is 134 Å². The average molecular weight is 1220 g/mol. The highest BCUT2D eigenvalue weighted by Gasteiger charge is 2.27. The number of ether oxygens (including phenoxy) is 1. The van der Waals surface area contributed by atoms with Crippen LogP contribution in [0.25, 0.3) is 0 Å². The van der Waals surface area contributed by atoms with Crippen molar-refractivity contribution in [3.05, 3.63) is 134 Å². The second-order valence-corrected chi connectivity index (χ2v) is 25.7. The minimum Gasteiger partial charge on any atom is -0.756 e. The lowest BCUT2D eigenvalue weighted by molar-refractivity contribution is -0.870. The second-order valence-electron chi connectivity index (χ2n) is 24.3. The molecule has 0 aromatic rings. The molecular formula is C76H131N2O7P. The Kier molecular flexibility index (Phi) is 61.3. The molecule has 1 N–H and O–H groups in total. The van der Waals surface area contributed by atoms with Crippen molar-refractivity contribution in [3.8, 4) is 0 Å². The van der Waals surface area contributed by atoms with Crippen molar-refractivity contribution in [2.45, 2.75) is 296 Å². The van der Waals surface area contributed by atoms with Gasteiger partial charge in [0.2, 0.25) is 5.91 Å². The lowest BCUT2D eigenvalue weighted by Gasteiger charge is -2.30. The molecule has 0 aliphatic carbocycles. The molecule has 3 atom stereocenters. The molecule has 492 valence electrons. The number of nitrogens with one attached hydrogen (secondary N) is 1. The Labute approximate surface area is 530 Å². The summed E-state index contributed by atoms with van der Waals surface area (Å²) in [7, 11) is 1.14. The number of quaternary nitrogens is 1. The molecule has 1 amide bonds. The maximum atomic E-state index is 13.6. The second kappa shape index (κ2) is 64.1. The summed E-state index contributed by atoms with van der Waals surface area (Å²) in [6.07, 6.45) is 91.5. The van der Waals surface area contributed by atoms with Gasteiger partial charge >= 0.3 is 5.97 Å². The van der Waals surface area contributed by atoms with Crippen LogP contribution >= 0.6 is 7.82 Å². The van der Waals surface area contributed by atoms with Crippen LogP contribution in [0.3, 0.4) is 0 Å². The third kappa shape index (κ3) is 64.6. The van der Waals surface area contributed by atoms with Gasteiger partial charge in [-0.15, -0.1) is 0 Å². The van der Waals surface area contributed by atoms with Crippen LogP contribution in [-0.2, 0) is 27.9 Å². The van der Waals surface area contributed by atoms with E-state index in [0.29, 0.717) is 23.9 Å². The Morgan fingerprint density at radius 1 is 0.419 bits per heavy atom. The van der Waals surface area contributed by atoms with Crippen LogP contribution in [-0.4, -0.2) is 69.4 Å². The van der Waals surface area contributed by atoms with Crippen molar-refractivity contribution in [3.63, 3.8) is 0 Å². The first-order valence-corrected chi connectivity index (χ1v) is 36.5. The van der Waals surface area contributed by atoms with Gasteiger partial charge in [-0.1, -0.05) is 277 Å². The molecule has 0 aromatic heterocycles.